The van der Waals surface area contributed by atoms with E-state index in [1.54, 1.807) is 10.1 Å². The van der Waals surface area contributed by atoms with Crippen LogP contribution in [0.15, 0.2) is 23.0 Å². The highest BCUT2D eigenvalue weighted by Crippen LogP contribution is 2.23. The number of benzene rings is 1. The molecule has 0 aliphatic heterocycles. The van der Waals surface area contributed by atoms with Crippen molar-refractivity contribution in [3.8, 4) is 0 Å². The molecule has 1 aromatic carbocycles. The summed E-state index contributed by atoms with van der Waals surface area (Å²) in [6.45, 7) is 0.322. The number of nitrogens with zero attached hydrogens (tertiary/aromatic N) is 3. The summed E-state index contributed by atoms with van der Waals surface area (Å²) in [5.74, 6) is -1.18. The highest BCUT2D eigenvalue weighted by Gasteiger charge is 2.17. The van der Waals surface area contributed by atoms with Crippen LogP contribution in [0.5, 0.6) is 0 Å². The SMILES string of the molecule is Fc1ccc2nc(CCl)n(Cc3cscn3)c2c1F. The Morgan fingerprint density at radius 1 is 1.32 bits per heavy atom. The molecular formula is C12H8ClF2N3S. The van der Waals surface area contributed by atoms with E-state index in [4.69, 9.17) is 11.6 Å². The molecule has 2 aromatic heterocycles. The number of alkyl halides is 1. The van der Waals surface area contributed by atoms with Crippen molar-refractivity contribution >= 4 is 34.0 Å². The number of hydrogen-bond acceptors (Lipinski definition) is 3. The van der Waals surface area contributed by atoms with Gasteiger partial charge in [0.15, 0.2) is 11.6 Å². The number of halogens is 3. The summed E-state index contributed by atoms with van der Waals surface area (Å²) < 4.78 is 28.9. The third-order valence-electron chi connectivity index (χ3n) is 2.80. The van der Waals surface area contributed by atoms with Crippen LogP contribution in [0.3, 0.4) is 0 Å². The van der Waals surface area contributed by atoms with Gasteiger partial charge in [0.2, 0.25) is 0 Å². The molecule has 0 N–H and O–H groups in total. The van der Waals surface area contributed by atoms with Gasteiger partial charge in [0.05, 0.1) is 29.1 Å². The number of thiazole rings is 1. The highest BCUT2D eigenvalue weighted by atomic mass is 35.5. The fourth-order valence-corrected chi connectivity index (χ4v) is 2.71. The molecule has 0 spiro atoms. The third-order valence-corrected chi connectivity index (χ3v) is 3.68. The molecule has 3 rings (SSSR count). The van der Waals surface area contributed by atoms with Gasteiger partial charge in [-0.2, -0.15) is 0 Å². The molecule has 98 valence electrons. The summed E-state index contributed by atoms with van der Waals surface area (Å²) in [4.78, 5) is 8.35. The minimum atomic E-state index is -0.906. The third kappa shape index (κ3) is 2.11. The monoisotopic (exact) mass is 299 g/mol. The number of imidazole rings is 1. The largest absolute Gasteiger partial charge is 0.318 e. The molecule has 0 bridgehead atoms. The average molecular weight is 300 g/mol. The van der Waals surface area contributed by atoms with E-state index in [-0.39, 0.29) is 11.4 Å². The lowest BCUT2D eigenvalue weighted by Gasteiger charge is -2.06. The van der Waals surface area contributed by atoms with E-state index in [0.29, 0.717) is 17.9 Å². The first kappa shape index (κ1) is 12.5. The minimum Gasteiger partial charge on any atom is -0.318 e. The number of hydrogen-bond donors (Lipinski definition) is 0. The molecule has 2 heterocycles. The fourth-order valence-electron chi connectivity index (χ4n) is 1.96. The lowest BCUT2D eigenvalue weighted by molar-refractivity contribution is 0.512. The van der Waals surface area contributed by atoms with E-state index in [1.165, 1.54) is 17.4 Å². The van der Waals surface area contributed by atoms with Crippen molar-refractivity contribution in [2.24, 2.45) is 0 Å². The zero-order chi connectivity index (χ0) is 13.4. The molecule has 0 amide bonds. The number of rotatable bonds is 3. The van der Waals surface area contributed by atoms with E-state index in [0.717, 1.165) is 11.8 Å². The van der Waals surface area contributed by atoms with Crippen molar-refractivity contribution in [2.75, 3.05) is 0 Å². The molecule has 0 saturated carbocycles. The topological polar surface area (TPSA) is 30.7 Å². The maximum absolute atomic E-state index is 13.9. The van der Waals surface area contributed by atoms with Gasteiger partial charge in [-0.1, -0.05) is 0 Å². The molecule has 19 heavy (non-hydrogen) atoms. The molecule has 0 atom stereocenters. The first-order valence-electron chi connectivity index (χ1n) is 5.47. The predicted octanol–water partition coefficient (Wildman–Crippen LogP) is 3.56. The van der Waals surface area contributed by atoms with Crippen molar-refractivity contribution in [2.45, 2.75) is 12.4 Å². The molecule has 0 aliphatic carbocycles. The Hall–Kier alpha value is -1.53. The van der Waals surface area contributed by atoms with Crippen LogP contribution in [0.2, 0.25) is 0 Å². The van der Waals surface area contributed by atoms with Crippen LogP contribution >= 0.6 is 22.9 Å². The lowest BCUT2D eigenvalue weighted by Crippen LogP contribution is -2.05. The first-order chi connectivity index (χ1) is 9.20. The second-order valence-electron chi connectivity index (χ2n) is 3.96. The van der Waals surface area contributed by atoms with Gasteiger partial charge in [0.25, 0.3) is 0 Å². The summed E-state index contributed by atoms with van der Waals surface area (Å²) in [6.07, 6.45) is 0. The molecule has 3 aromatic rings. The normalized spacial score (nSPS) is 11.3. The maximum Gasteiger partial charge on any atom is 0.184 e. The summed E-state index contributed by atoms with van der Waals surface area (Å²) in [7, 11) is 0. The highest BCUT2D eigenvalue weighted by molar-refractivity contribution is 7.07. The Kier molecular flexibility index (Phi) is 3.20. The summed E-state index contributed by atoms with van der Waals surface area (Å²) in [6, 6.07) is 2.51. The molecule has 0 aliphatic rings. The molecule has 3 nitrogen and oxygen atoms in total. The van der Waals surface area contributed by atoms with Crippen molar-refractivity contribution < 1.29 is 8.78 Å². The van der Waals surface area contributed by atoms with Crippen molar-refractivity contribution in [1.82, 2.24) is 14.5 Å². The van der Waals surface area contributed by atoms with Gasteiger partial charge in [-0.3, -0.25) is 0 Å². The molecule has 7 heteroatoms. The van der Waals surface area contributed by atoms with Gasteiger partial charge >= 0.3 is 0 Å². The zero-order valence-electron chi connectivity index (χ0n) is 9.61. The Labute approximate surface area is 116 Å². The van der Waals surface area contributed by atoms with E-state index in [2.05, 4.69) is 9.97 Å². The summed E-state index contributed by atoms with van der Waals surface area (Å²) in [5, 5.41) is 1.85. The Morgan fingerprint density at radius 2 is 2.16 bits per heavy atom. The van der Waals surface area contributed by atoms with Crippen LogP contribution in [0.1, 0.15) is 11.5 Å². The number of aromatic nitrogens is 3. The molecule has 0 unspecified atom stereocenters. The summed E-state index contributed by atoms with van der Waals surface area (Å²) >= 11 is 7.26. The van der Waals surface area contributed by atoms with Gasteiger partial charge in [0, 0.05) is 5.38 Å². The Bertz CT molecular complexity index is 724. The van der Waals surface area contributed by atoms with E-state index < -0.39 is 11.6 Å². The minimum absolute atomic E-state index is 0.125. The fraction of sp³-hybridized carbons (Fsp3) is 0.167. The van der Waals surface area contributed by atoms with Crippen LogP contribution < -0.4 is 0 Å². The van der Waals surface area contributed by atoms with Gasteiger partial charge in [-0.15, -0.1) is 22.9 Å². The van der Waals surface area contributed by atoms with E-state index >= 15 is 0 Å². The van der Waals surface area contributed by atoms with Gasteiger partial charge in [-0.25, -0.2) is 18.7 Å². The standard InChI is InChI=1S/C12H8ClF2N3S/c13-3-10-17-9-2-1-8(14)11(15)12(9)18(10)4-7-5-19-6-16-7/h1-2,5-6H,3-4H2. The van der Waals surface area contributed by atoms with E-state index in [9.17, 15) is 8.78 Å². The van der Waals surface area contributed by atoms with Crippen molar-refractivity contribution in [1.29, 1.82) is 0 Å². The van der Waals surface area contributed by atoms with E-state index in [1.807, 2.05) is 5.38 Å². The zero-order valence-corrected chi connectivity index (χ0v) is 11.2. The predicted molar refractivity (Wildman–Crippen MR) is 70.4 cm³/mol. The van der Waals surface area contributed by atoms with Crippen LogP contribution in [-0.4, -0.2) is 14.5 Å². The molecule has 0 saturated heterocycles. The van der Waals surface area contributed by atoms with Crippen LogP contribution in [-0.2, 0) is 12.4 Å². The van der Waals surface area contributed by atoms with Crippen LogP contribution in [0, 0.1) is 11.6 Å². The molecular weight excluding hydrogens is 292 g/mol. The second kappa shape index (κ2) is 4.86. The smallest absolute Gasteiger partial charge is 0.184 e. The summed E-state index contributed by atoms with van der Waals surface area (Å²) in [5.41, 5.74) is 2.97. The first-order valence-corrected chi connectivity index (χ1v) is 6.94. The van der Waals surface area contributed by atoms with Gasteiger partial charge in [-0.05, 0) is 12.1 Å². The Balaban J connectivity index is 2.22. The van der Waals surface area contributed by atoms with Crippen LogP contribution in [0.4, 0.5) is 8.78 Å². The number of fused-ring (bicyclic) bond motifs is 1. The quantitative estimate of drug-likeness (QED) is 0.692. The van der Waals surface area contributed by atoms with Gasteiger partial charge in [0.1, 0.15) is 11.3 Å². The maximum atomic E-state index is 13.9. The molecule has 0 radical (unpaired) electrons. The van der Waals surface area contributed by atoms with Crippen LogP contribution in [0.25, 0.3) is 11.0 Å². The van der Waals surface area contributed by atoms with Crippen molar-refractivity contribution in [3.63, 3.8) is 0 Å². The van der Waals surface area contributed by atoms with Gasteiger partial charge < -0.3 is 4.57 Å². The second-order valence-corrected chi connectivity index (χ2v) is 4.94. The van der Waals surface area contributed by atoms with Crippen molar-refractivity contribution in [3.05, 3.63) is 46.2 Å². The molecule has 0 fully saturated rings. The Morgan fingerprint density at radius 3 is 2.84 bits per heavy atom. The average Bonchev–Trinajstić information content (AvgIpc) is 3.02. The lowest BCUT2D eigenvalue weighted by atomic mass is 10.3.